The van der Waals surface area contributed by atoms with Crippen molar-refractivity contribution in [2.45, 2.75) is 16.1 Å². The van der Waals surface area contributed by atoms with Crippen molar-refractivity contribution in [3.8, 4) is 11.4 Å². The van der Waals surface area contributed by atoms with E-state index in [0.29, 0.717) is 10.3 Å². The van der Waals surface area contributed by atoms with Gasteiger partial charge < -0.3 is 7.43 Å². The fourth-order valence-corrected chi connectivity index (χ4v) is 10.9. The van der Waals surface area contributed by atoms with Crippen molar-refractivity contribution in [3.63, 3.8) is 0 Å². The molecule has 75 heavy (non-hydrogen) atoms. The molecule has 0 saturated carbocycles. The maximum absolute atomic E-state index is 6.37. The molecule has 0 atom stereocenters. The summed E-state index contributed by atoms with van der Waals surface area (Å²) in [5.74, 6) is 0. The molecule has 0 bridgehead atoms. The average Bonchev–Trinajstić information content (AvgIpc) is 4.00. The van der Waals surface area contributed by atoms with Gasteiger partial charge in [-0.2, -0.15) is 10.2 Å². The van der Waals surface area contributed by atoms with E-state index in [1.807, 2.05) is 97.4 Å². The molecule has 0 aliphatic rings. The molecule has 0 N–H and O–H groups in total. The molecular formula is C62H48Cl2CuIN8S. The van der Waals surface area contributed by atoms with Crippen LogP contribution in [0.3, 0.4) is 0 Å². The Kier molecular flexibility index (Phi) is 18.1. The summed E-state index contributed by atoms with van der Waals surface area (Å²) in [6.07, 6.45) is 9.19. The molecule has 0 unspecified atom stereocenters. The summed E-state index contributed by atoms with van der Waals surface area (Å²) >= 11 is 16.6. The molecule has 6 heterocycles. The Labute approximate surface area is 475 Å². The van der Waals surface area contributed by atoms with Crippen LogP contribution in [-0.2, 0) is 28.1 Å². The van der Waals surface area contributed by atoms with E-state index in [9.17, 15) is 0 Å². The second-order valence-corrected chi connectivity index (χ2v) is 19.3. The Morgan fingerprint density at radius 1 is 0.413 bits per heavy atom. The zero-order chi connectivity index (χ0) is 50.0. The Bertz CT molecular complexity index is 3470. The molecule has 12 aromatic rings. The van der Waals surface area contributed by atoms with Gasteiger partial charge in [0.25, 0.3) is 0 Å². The van der Waals surface area contributed by atoms with E-state index in [2.05, 4.69) is 197 Å². The molecule has 12 rings (SSSR count). The Hall–Kier alpha value is -6.96. The molecule has 0 aliphatic carbocycles. The van der Waals surface area contributed by atoms with Gasteiger partial charge >= 0.3 is 17.1 Å². The largest absolute Gasteiger partial charge is 1.00 e. The van der Waals surface area contributed by atoms with Gasteiger partial charge in [-0.3, -0.25) is 9.97 Å². The van der Waals surface area contributed by atoms with E-state index >= 15 is 0 Å². The first kappa shape index (κ1) is 54.3. The van der Waals surface area contributed by atoms with Gasteiger partial charge in [0.2, 0.25) is 0 Å². The number of fused-ring (bicyclic) bond motifs is 2. The van der Waals surface area contributed by atoms with Crippen molar-refractivity contribution in [1.29, 1.82) is 0 Å². The average molecular weight is 1200 g/mol. The van der Waals surface area contributed by atoms with E-state index in [4.69, 9.17) is 33.4 Å². The SMILES string of the molecule is CSc1nn(C(c2ccccc2)(c2ccccc2)c2ccccc2)c2cc(Cl)ncc12.Clc1cc2c(cn1)c(I)nn2C(c1ccccc1)(c1ccccc1)c1ccccc1.[CH3-].[Cu+].c1ccc(-c2ccccn2)nc1. The summed E-state index contributed by atoms with van der Waals surface area (Å²) in [5.41, 5.74) is 9.10. The number of thioether (sulfide) groups is 1. The normalized spacial score (nSPS) is 11.0. The van der Waals surface area contributed by atoms with Crippen molar-refractivity contribution >= 4 is 79.4 Å². The summed E-state index contributed by atoms with van der Waals surface area (Å²) in [5, 5.41) is 14.0. The van der Waals surface area contributed by atoms with Crippen LogP contribution >= 0.6 is 57.6 Å². The number of hydrogen-bond acceptors (Lipinski definition) is 7. The minimum Gasteiger partial charge on any atom is -0.358 e. The topological polar surface area (TPSA) is 87.2 Å². The summed E-state index contributed by atoms with van der Waals surface area (Å²) in [7, 11) is 0. The first-order valence-corrected chi connectivity index (χ1v) is 26.4. The van der Waals surface area contributed by atoms with Gasteiger partial charge in [0.05, 0.1) is 33.2 Å². The van der Waals surface area contributed by atoms with Crippen molar-refractivity contribution < 1.29 is 17.1 Å². The molecule has 6 aromatic heterocycles. The van der Waals surface area contributed by atoms with Crippen LogP contribution in [0.2, 0.25) is 10.3 Å². The first-order valence-electron chi connectivity index (χ1n) is 23.4. The first-order chi connectivity index (χ1) is 35.9. The Morgan fingerprint density at radius 3 is 1.04 bits per heavy atom. The number of benzene rings is 6. The monoisotopic (exact) mass is 1200 g/mol. The summed E-state index contributed by atoms with van der Waals surface area (Å²) in [6, 6.07) is 78.4. The second kappa shape index (κ2) is 25.0. The predicted octanol–water partition coefficient (Wildman–Crippen LogP) is 15.8. The van der Waals surface area contributed by atoms with Crippen molar-refractivity contribution in [3.05, 3.63) is 310 Å². The molecule has 0 fully saturated rings. The van der Waals surface area contributed by atoms with Gasteiger partial charge in [-0.25, -0.2) is 19.3 Å². The van der Waals surface area contributed by atoms with Crippen LogP contribution in [0.5, 0.6) is 0 Å². The van der Waals surface area contributed by atoms with E-state index in [0.717, 1.165) is 75.3 Å². The molecule has 0 amide bonds. The van der Waals surface area contributed by atoms with Gasteiger partial charge in [-0.1, -0.05) is 217 Å². The number of rotatable bonds is 10. The van der Waals surface area contributed by atoms with Gasteiger partial charge in [0.1, 0.15) is 30.1 Å². The molecule has 8 nitrogen and oxygen atoms in total. The van der Waals surface area contributed by atoms with E-state index in [1.165, 1.54) is 0 Å². The van der Waals surface area contributed by atoms with Crippen LogP contribution in [0.4, 0.5) is 0 Å². The van der Waals surface area contributed by atoms with Crippen molar-refractivity contribution in [1.82, 2.24) is 39.5 Å². The molecule has 0 radical (unpaired) electrons. The molecule has 0 spiro atoms. The maximum atomic E-state index is 6.37. The van der Waals surface area contributed by atoms with Gasteiger partial charge in [-0.15, -0.1) is 11.8 Å². The van der Waals surface area contributed by atoms with Crippen LogP contribution in [0, 0.1) is 11.1 Å². The van der Waals surface area contributed by atoms with E-state index in [1.54, 1.807) is 30.4 Å². The third kappa shape index (κ3) is 10.9. The number of halogens is 3. The van der Waals surface area contributed by atoms with Crippen LogP contribution in [0.1, 0.15) is 33.4 Å². The van der Waals surface area contributed by atoms with Gasteiger partial charge in [0.15, 0.2) is 0 Å². The molecular weight excluding hydrogens is 1150 g/mol. The third-order valence-electron chi connectivity index (χ3n) is 12.6. The molecule has 0 aliphatic heterocycles. The number of aromatic nitrogens is 8. The Balaban J connectivity index is 0.000000160. The summed E-state index contributed by atoms with van der Waals surface area (Å²) < 4.78 is 5.10. The van der Waals surface area contributed by atoms with Crippen LogP contribution in [0.15, 0.2) is 260 Å². The zero-order valence-electron chi connectivity index (χ0n) is 40.7. The third-order valence-corrected chi connectivity index (χ3v) is 14.5. The molecule has 13 heteroatoms. The minimum absolute atomic E-state index is 0. The minimum atomic E-state index is -0.680. The standard InChI is InChI=1S/C26H20ClN3S.C25H17ClIN3.C10H8N2.CH3.Cu/c1-31-25-22-18-28-24(27)17-23(22)30(29-25)26(19-11-5-2-6-12-19,20-13-7-3-8-14-20)21-15-9-4-10-16-21;26-23-16-22-21(17-28-23)24(27)29-30(22)25(18-10-4-1-5-11-18,19-12-6-2-7-13-19)20-14-8-3-9-15-20;1-3-7-11-9(5-1)10-6-2-4-8-12-10;;/h2-18H,1H3;1-17H;1-8H;1H3;/q;;;-1;+1. The summed E-state index contributed by atoms with van der Waals surface area (Å²) in [4.78, 5) is 17.0. The zero-order valence-corrected chi connectivity index (χ0v) is 46.1. The number of hydrogen-bond donors (Lipinski definition) is 0. The fourth-order valence-electron chi connectivity index (χ4n) is 9.41. The quantitative estimate of drug-likeness (QED) is 0.0337. The smallest absolute Gasteiger partial charge is 0.358 e. The van der Waals surface area contributed by atoms with Gasteiger partial charge in [0, 0.05) is 36.9 Å². The maximum Gasteiger partial charge on any atom is 1.00 e. The van der Waals surface area contributed by atoms with Crippen molar-refractivity contribution in [2.75, 3.05) is 6.26 Å². The van der Waals surface area contributed by atoms with Gasteiger partial charge in [-0.05, 0) is 86.5 Å². The molecule has 374 valence electrons. The molecule has 6 aromatic carbocycles. The van der Waals surface area contributed by atoms with Crippen LogP contribution < -0.4 is 0 Å². The second-order valence-electron chi connectivity index (χ2n) is 16.7. The van der Waals surface area contributed by atoms with E-state index < -0.39 is 11.1 Å². The Morgan fingerprint density at radius 2 is 0.720 bits per heavy atom. The van der Waals surface area contributed by atoms with Crippen LogP contribution in [0.25, 0.3) is 33.2 Å². The number of nitrogens with zero attached hydrogens (tertiary/aromatic N) is 8. The van der Waals surface area contributed by atoms with Crippen molar-refractivity contribution in [2.24, 2.45) is 0 Å². The predicted molar refractivity (Wildman–Crippen MR) is 313 cm³/mol. The molecule has 0 saturated heterocycles. The van der Waals surface area contributed by atoms with E-state index in [-0.39, 0.29) is 24.5 Å². The number of pyridine rings is 4. The summed E-state index contributed by atoms with van der Waals surface area (Å²) in [6.45, 7) is 0. The van der Waals surface area contributed by atoms with Crippen LogP contribution in [-0.4, -0.2) is 45.8 Å². The fraction of sp³-hybridized carbons (Fsp3) is 0.0484.